The molecule has 0 aliphatic heterocycles. The molecule has 0 fully saturated rings. The van der Waals surface area contributed by atoms with E-state index >= 15 is 0 Å². The van der Waals surface area contributed by atoms with Crippen LogP contribution in [0.5, 0.6) is 0 Å². The number of halogens is 2. The van der Waals surface area contributed by atoms with Gasteiger partial charge in [0, 0.05) is 18.7 Å². The summed E-state index contributed by atoms with van der Waals surface area (Å²) in [6.45, 7) is -0.346. The maximum absolute atomic E-state index is 13.4. The van der Waals surface area contributed by atoms with Gasteiger partial charge in [0.15, 0.2) is 4.90 Å². The van der Waals surface area contributed by atoms with Crippen molar-refractivity contribution in [3.05, 3.63) is 23.8 Å². The molecule has 0 bridgehead atoms. The van der Waals surface area contributed by atoms with Crippen molar-refractivity contribution in [1.29, 1.82) is 0 Å². The number of nitrogens with one attached hydrogen (secondary N) is 1. The van der Waals surface area contributed by atoms with Crippen LogP contribution in [0.15, 0.2) is 17.0 Å². The van der Waals surface area contributed by atoms with Gasteiger partial charge in [-0.1, -0.05) is 0 Å². The Morgan fingerprint density at radius 3 is 2.22 bits per heavy atom. The van der Waals surface area contributed by atoms with Gasteiger partial charge in [-0.05, 0) is 12.1 Å². The third-order valence-corrected chi connectivity index (χ3v) is 3.46. The first-order valence-corrected chi connectivity index (χ1v) is 6.25. The molecule has 1 amide bonds. The predicted octanol–water partition coefficient (Wildman–Crippen LogP) is -0.299. The average Bonchev–Trinajstić information content (AvgIpc) is 2.13. The lowest BCUT2D eigenvalue weighted by Crippen LogP contribution is -2.29. The van der Waals surface area contributed by atoms with Crippen LogP contribution in [0, 0.1) is 11.6 Å². The van der Waals surface area contributed by atoms with E-state index in [1.165, 1.54) is 0 Å². The number of anilines is 1. The van der Waals surface area contributed by atoms with Crippen LogP contribution in [0.3, 0.4) is 0 Å². The Bertz CT molecular complexity index is 551. The number of carbonyl (C=O) groups excluding carboxylic acids is 1. The van der Waals surface area contributed by atoms with Crippen LogP contribution >= 0.6 is 0 Å². The summed E-state index contributed by atoms with van der Waals surface area (Å²) >= 11 is 0. The van der Waals surface area contributed by atoms with Gasteiger partial charge < -0.3 is 11.5 Å². The Hall–Kier alpha value is -1.74. The summed E-state index contributed by atoms with van der Waals surface area (Å²) in [5.74, 6) is -3.35. The second-order valence-corrected chi connectivity index (χ2v) is 5.13. The predicted molar refractivity (Wildman–Crippen MR) is 59.8 cm³/mol. The highest BCUT2D eigenvalue weighted by molar-refractivity contribution is 7.89. The van der Waals surface area contributed by atoms with Crippen LogP contribution in [0.2, 0.25) is 0 Å². The number of carbonyl (C=O) groups is 1. The topological polar surface area (TPSA) is 115 Å². The SMILES string of the molecule is NC(=O)CCNS(=O)(=O)c1c(F)cc(N)cc1F. The van der Waals surface area contributed by atoms with Gasteiger partial charge in [0.05, 0.1) is 0 Å². The van der Waals surface area contributed by atoms with E-state index < -0.39 is 32.5 Å². The van der Waals surface area contributed by atoms with Gasteiger partial charge in [-0.15, -0.1) is 0 Å². The average molecular weight is 279 g/mol. The van der Waals surface area contributed by atoms with Crippen molar-refractivity contribution in [2.24, 2.45) is 5.73 Å². The highest BCUT2D eigenvalue weighted by Gasteiger charge is 2.24. The third-order valence-electron chi connectivity index (χ3n) is 1.95. The summed E-state index contributed by atoms with van der Waals surface area (Å²) in [7, 11) is -4.40. The lowest BCUT2D eigenvalue weighted by atomic mass is 10.3. The molecule has 0 spiro atoms. The van der Waals surface area contributed by atoms with Crippen LogP contribution in [-0.2, 0) is 14.8 Å². The van der Waals surface area contributed by atoms with E-state index in [-0.39, 0.29) is 18.7 Å². The molecular formula is C9H11F2N3O3S. The number of primary amides is 1. The summed E-state index contributed by atoms with van der Waals surface area (Å²) in [6, 6.07) is 1.37. The number of benzene rings is 1. The molecule has 1 rings (SSSR count). The van der Waals surface area contributed by atoms with Crippen molar-refractivity contribution in [2.75, 3.05) is 12.3 Å². The minimum absolute atomic E-state index is 0.235. The maximum Gasteiger partial charge on any atom is 0.246 e. The number of sulfonamides is 1. The third kappa shape index (κ3) is 3.37. The summed E-state index contributed by atoms with van der Waals surface area (Å²) < 4.78 is 51.7. The maximum atomic E-state index is 13.4. The van der Waals surface area contributed by atoms with Crippen LogP contribution in [0.25, 0.3) is 0 Å². The second-order valence-electron chi connectivity index (χ2n) is 3.43. The molecule has 0 aromatic heterocycles. The molecule has 5 N–H and O–H groups in total. The largest absolute Gasteiger partial charge is 0.399 e. The van der Waals surface area contributed by atoms with Crippen LogP contribution < -0.4 is 16.2 Å². The molecule has 18 heavy (non-hydrogen) atoms. The first-order valence-electron chi connectivity index (χ1n) is 4.76. The van der Waals surface area contributed by atoms with Crippen molar-refractivity contribution >= 4 is 21.6 Å². The molecule has 0 saturated heterocycles. The molecule has 0 aliphatic carbocycles. The van der Waals surface area contributed by atoms with Crippen molar-refractivity contribution in [2.45, 2.75) is 11.3 Å². The lowest BCUT2D eigenvalue weighted by molar-refractivity contribution is -0.117. The van der Waals surface area contributed by atoms with Gasteiger partial charge in [0.2, 0.25) is 15.9 Å². The number of hydrogen-bond donors (Lipinski definition) is 3. The molecule has 6 nitrogen and oxygen atoms in total. The normalized spacial score (nSPS) is 11.4. The molecular weight excluding hydrogens is 268 g/mol. The van der Waals surface area contributed by atoms with Gasteiger partial charge in [-0.3, -0.25) is 4.79 Å². The molecule has 0 heterocycles. The van der Waals surface area contributed by atoms with E-state index in [1.54, 1.807) is 0 Å². The molecule has 100 valence electrons. The molecule has 1 aromatic rings. The number of rotatable bonds is 5. The quantitative estimate of drug-likeness (QED) is 0.642. The smallest absolute Gasteiger partial charge is 0.246 e. The van der Waals surface area contributed by atoms with Crippen molar-refractivity contribution in [3.8, 4) is 0 Å². The first kappa shape index (κ1) is 14.3. The van der Waals surface area contributed by atoms with Crippen molar-refractivity contribution in [3.63, 3.8) is 0 Å². The standard InChI is InChI=1S/C9H11F2N3O3S/c10-6-3-5(12)4-7(11)9(6)18(16,17)14-2-1-8(13)15/h3-4,14H,1-2,12H2,(H2,13,15). The highest BCUT2D eigenvalue weighted by atomic mass is 32.2. The first-order chi connectivity index (χ1) is 8.24. The molecule has 9 heteroatoms. The van der Waals surface area contributed by atoms with Gasteiger partial charge in [-0.25, -0.2) is 21.9 Å². The zero-order valence-corrected chi connectivity index (χ0v) is 9.93. The Morgan fingerprint density at radius 2 is 1.78 bits per heavy atom. The van der Waals surface area contributed by atoms with Crippen LogP contribution in [-0.4, -0.2) is 20.9 Å². The van der Waals surface area contributed by atoms with E-state index in [9.17, 15) is 22.0 Å². The van der Waals surface area contributed by atoms with E-state index in [2.05, 4.69) is 0 Å². The second kappa shape index (κ2) is 5.27. The van der Waals surface area contributed by atoms with Crippen LogP contribution in [0.4, 0.5) is 14.5 Å². The molecule has 0 unspecified atom stereocenters. The molecule has 1 aromatic carbocycles. The Labute approximate surface area is 102 Å². The number of hydrogen-bond acceptors (Lipinski definition) is 4. The fraction of sp³-hybridized carbons (Fsp3) is 0.222. The molecule has 0 saturated carbocycles. The molecule has 0 aliphatic rings. The highest BCUT2D eigenvalue weighted by Crippen LogP contribution is 2.21. The monoisotopic (exact) mass is 279 g/mol. The number of nitrogen functional groups attached to an aromatic ring is 1. The van der Waals surface area contributed by atoms with Gasteiger partial charge in [0.1, 0.15) is 11.6 Å². The minimum atomic E-state index is -4.40. The van der Waals surface area contributed by atoms with E-state index in [1.807, 2.05) is 4.72 Å². The zero-order chi connectivity index (χ0) is 13.9. The van der Waals surface area contributed by atoms with Gasteiger partial charge in [0.25, 0.3) is 0 Å². The molecule has 0 radical (unpaired) electrons. The Kier molecular flexibility index (Phi) is 4.19. The summed E-state index contributed by atoms with van der Waals surface area (Å²) in [4.78, 5) is 9.29. The van der Waals surface area contributed by atoms with Crippen molar-refractivity contribution in [1.82, 2.24) is 4.72 Å². The number of amides is 1. The minimum Gasteiger partial charge on any atom is -0.399 e. The summed E-state index contributed by atoms with van der Waals surface area (Å²) in [5, 5.41) is 0. The Morgan fingerprint density at radius 1 is 1.28 bits per heavy atom. The van der Waals surface area contributed by atoms with E-state index in [4.69, 9.17) is 11.5 Å². The zero-order valence-electron chi connectivity index (χ0n) is 9.11. The molecule has 0 atom stereocenters. The fourth-order valence-electron chi connectivity index (χ4n) is 1.22. The number of nitrogens with two attached hydrogens (primary N) is 2. The van der Waals surface area contributed by atoms with E-state index in [0.717, 1.165) is 0 Å². The summed E-state index contributed by atoms with van der Waals surface area (Å²) in [6.07, 6.45) is -0.280. The lowest BCUT2D eigenvalue weighted by Gasteiger charge is -2.08. The van der Waals surface area contributed by atoms with Crippen molar-refractivity contribution < 1.29 is 22.0 Å². The van der Waals surface area contributed by atoms with Gasteiger partial charge >= 0.3 is 0 Å². The summed E-state index contributed by atoms with van der Waals surface area (Å²) in [5.41, 5.74) is 9.72. The van der Waals surface area contributed by atoms with E-state index in [0.29, 0.717) is 12.1 Å². The van der Waals surface area contributed by atoms with Crippen LogP contribution in [0.1, 0.15) is 6.42 Å². The Balaban J connectivity index is 3.02. The van der Waals surface area contributed by atoms with Gasteiger partial charge in [-0.2, -0.15) is 0 Å². The fourth-order valence-corrected chi connectivity index (χ4v) is 2.36.